The zero-order valence-corrected chi connectivity index (χ0v) is 18.7. The molecule has 1 heterocycles. The van der Waals surface area contributed by atoms with E-state index in [1.807, 2.05) is 55.5 Å². The molecule has 1 aliphatic heterocycles. The van der Waals surface area contributed by atoms with Gasteiger partial charge in [-0.15, -0.1) is 0 Å². The number of anilines is 1. The fourth-order valence-corrected chi connectivity index (χ4v) is 7.66. The lowest BCUT2D eigenvalue weighted by molar-refractivity contribution is -0.154. The number of carbonyl (C=O) groups excluding carboxylic acids is 2. The lowest BCUT2D eigenvalue weighted by Gasteiger charge is -2.56. The maximum atomic E-state index is 13.8. The monoisotopic (exact) mass is 429 g/mol. The van der Waals surface area contributed by atoms with Crippen LogP contribution in [0.1, 0.15) is 61.6 Å². The highest BCUT2D eigenvalue weighted by Crippen LogP contribution is 2.61. The molecular formula is C28H31NO3. The van der Waals surface area contributed by atoms with Crippen LogP contribution in [0.2, 0.25) is 0 Å². The summed E-state index contributed by atoms with van der Waals surface area (Å²) in [5.74, 6) is 1.72. The van der Waals surface area contributed by atoms with Crippen LogP contribution in [0.5, 0.6) is 0 Å². The van der Waals surface area contributed by atoms with Gasteiger partial charge in [-0.05, 0) is 80.4 Å². The van der Waals surface area contributed by atoms with Gasteiger partial charge in [0.2, 0.25) is 0 Å². The molecule has 1 atom stereocenters. The number of aryl methyl sites for hydroxylation is 1. The first-order valence-corrected chi connectivity index (χ1v) is 12.1. The molecule has 7 rings (SSSR count). The van der Waals surface area contributed by atoms with E-state index in [0.29, 0.717) is 29.9 Å². The maximum Gasteiger partial charge on any atom is 0.264 e. The molecule has 4 fully saturated rings. The lowest BCUT2D eigenvalue weighted by atomic mass is 9.48. The molecule has 5 aliphatic rings. The van der Waals surface area contributed by atoms with Crippen molar-refractivity contribution in [2.45, 2.75) is 64.0 Å². The Morgan fingerprint density at radius 2 is 1.56 bits per heavy atom. The molecule has 0 saturated heterocycles. The van der Waals surface area contributed by atoms with Crippen molar-refractivity contribution in [3.05, 3.63) is 65.2 Å². The predicted molar refractivity (Wildman–Crippen MR) is 123 cm³/mol. The Hall–Kier alpha value is -2.46. The largest absolute Gasteiger partial charge is 0.375 e. The van der Waals surface area contributed by atoms with Crippen molar-refractivity contribution in [2.75, 3.05) is 4.90 Å². The molecule has 0 unspecified atom stereocenters. The average Bonchev–Trinajstić information content (AvgIpc) is 2.96. The topological polar surface area (TPSA) is 57.6 Å². The first kappa shape index (κ1) is 20.2. The molecule has 4 bridgehead atoms. The second-order valence-corrected chi connectivity index (χ2v) is 11.0. The van der Waals surface area contributed by atoms with Gasteiger partial charge in [0.1, 0.15) is 5.78 Å². The fraction of sp³-hybridized carbons (Fsp3) is 0.500. The van der Waals surface area contributed by atoms with Gasteiger partial charge in [-0.1, -0.05) is 42.5 Å². The Bertz CT molecular complexity index is 1070. The summed E-state index contributed by atoms with van der Waals surface area (Å²) < 4.78 is 0. The Morgan fingerprint density at radius 3 is 2.22 bits per heavy atom. The fourth-order valence-electron chi connectivity index (χ4n) is 7.66. The minimum Gasteiger partial charge on any atom is -0.375 e. The van der Waals surface area contributed by atoms with E-state index < -0.39 is 5.60 Å². The van der Waals surface area contributed by atoms with E-state index in [1.54, 1.807) is 4.90 Å². The Morgan fingerprint density at radius 1 is 0.969 bits per heavy atom. The first-order chi connectivity index (χ1) is 15.4. The van der Waals surface area contributed by atoms with E-state index in [9.17, 15) is 14.7 Å². The van der Waals surface area contributed by atoms with Crippen molar-refractivity contribution in [3.63, 3.8) is 0 Å². The van der Waals surface area contributed by atoms with Crippen LogP contribution in [-0.2, 0) is 21.7 Å². The van der Waals surface area contributed by atoms with E-state index in [-0.39, 0.29) is 23.5 Å². The van der Waals surface area contributed by atoms with Crippen LogP contribution in [0, 0.1) is 30.1 Å². The number of hydrogen-bond donors (Lipinski definition) is 1. The van der Waals surface area contributed by atoms with Crippen molar-refractivity contribution in [1.29, 1.82) is 0 Å². The molecule has 32 heavy (non-hydrogen) atoms. The summed E-state index contributed by atoms with van der Waals surface area (Å²) in [5, 5.41) is 11.8. The number of amides is 1. The number of Topliss-reactive ketones (excluding diaryl/α,β-unsaturated/α-hetero) is 1. The Kier molecular flexibility index (Phi) is 4.42. The molecule has 1 amide bonds. The summed E-state index contributed by atoms with van der Waals surface area (Å²) in [5.41, 5.74) is 1.38. The van der Waals surface area contributed by atoms with Crippen molar-refractivity contribution in [1.82, 2.24) is 0 Å². The smallest absolute Gasteiger partial charge is 0.264 e. The molecule has 166 valence electrons. The number of carbonyl (C=O) groups is 2. The van der Waals surface area contributed by atoms with Gasteiger partial charge in [0.15, 0.2) is 5.60 Å². The number of aliphatic hydroxyl groups is 1. The van der Waals surface area contributed by atoms with E-state index in [0.717, 1.165) is 36.1 Å². The van der Waals surface area contributed by atoms with Crippen molar-refractivity contribution < 1.29 is 14.7 Å². The molecule has 4 aliphatic carbocycles. The second-order valence-electron chi connectivity index (χ2n) is 11.0. The summed E-state index contributed by atoms with van der Waals surface area (Å²) in [6.07, 6.45) is 6.57. The molecule has 4 nitrogen and oxygen atoms in total. The van der Waals surface area contributed by atoms with E-state index >= 15 is 0 Å². The summed E-state index contributed by atoms with van der Waals surface area (Å²) in [4.78, 5) is 29.2. The maximum absolute atomic E-state index is 13.8. The minimum atomic E-state index is -1.76. The van der Waals surface area contributed by atoms with Crippen LogP contribution < -0.4 is 4.90 Å². The normalized spacial score (nSPS) is 34.8. The van der Waals surface area contributed by atoms with Crippen LogP contribution in [0.3, 0.4) is 0 Å². The van der Waals surface area contributed by atoms with Crippen LogP contribution in [0.4, 0.5) is 5.69 Å². The van der Waals surface area contributed by atoms with Crippen LogP contribution in [0.25, 0.3) is 0 Å². The molecule has 4 heteroatoms. The number of rotatable bonds is 5. The zero-order valence-electron chi connectivity index (χ0n) is 18.7. The Balaban J connectivity index is 1.32. The number of fused-ring (bicyclic) bond motifs is 1. The molecule has 0 aromatic heterocycles. The number of ketones is 1. The standard InChI is InChI=1S/C28H31NO3/c1-18-6-2-3-7-22(18)17-29-24-9-5-4-8-23(24)28(32,26(29)31)16-25(30)27-13-19-10-20(14-27)12-21(11-19)15-27/h2-9,19-21,32H,10-17H2,1H3/t19?,20?,21?,27?,28-/m1/s1. The van der Waals surface area contributed by atoms with Crippen LogP contribution in [0.15, 0.2) is 48.5 Å². The van der Waals surface area contributed by atoms with Gasteiger partial charge in [0.25, 0.3) is 5.91 Å². The highest BCUT2D eigenvalue weighted by molar-refractivity contribution is 6.09. The number of para-hydroxylation sites is 1. The van der Waals surface area contributed by atoms with Gasteiger partial charge >= 0.3 is 0 Å². The number of nitrogens with zero attached hydrogens (tertiary/aromatic N) is 1. The van der Waals surface area contributed by atoms with Crippen LogP contribution in [-0.4, -0.2) is 16.8 Å². The molecule has 1 N–H and O–H groups in total. The van der Waals surface area contributed by atoms with Gasteiger partial charge in [0.05, 0.1) is 12.2 Å². The number of benzene rings is 2. The molecule has 2 aromatic rings. The van der Waals surface area contributed by atoms with E-state index in [1.165, 1.54) is 19.3 Å². The van der Waals surface area contributed by atoms with E-state index in [4.69, 9.17) is 0 Å². The predicted octanol–water partition coefficient (Wildman–Crippen LogP) is 4.91. The van der Waals surface area contributed by atoms with E-state index in [2.05, 4.69) is 0 Å². The van der Waals surface area contributed by atoms with Crippen molar-refractivity contribution in [2.24, 2.45) is 23.2 Å². The van der Waals surface area contributed by atoms with Gasteiger partial charge < -0.3 is 10.0 Å². The number of hydrogen-bond acceptors (Lipinski definition) is 3. The van der Waals surface area contributed by atoms with Gasteiger partial charge in [0, 0.05) is 17.4 Å². The average molecular weight is 430 g/mol. The minimum absolute atomic E-state index is 0.0979. The quantitative estimate of drug-likeness (QED) is 0.735. The molecule has 0 spiro atoms. The third kappa shape index (κ3) is 2.92. The highest BCUT2D eigenvalue weighted by Gasteiger charge is 2.58. The molecule has 2 aromatic carbocycles. The van der Waals surface area contributed by atoms with Gasteiger partial charge in [-0.3, -0.25) is 9.59 Å². The zero-order chi connectivity index (χ0) is 22.1. The highest BCUT2D eigenvalue weighted by atomic mass is 16.3. The summed E-state index contributed by atoms with van der Waals surface area (Å²) in [6.45, 7) is 2.43. The summed E-state index contributed by atoms with van der Waals surface area (Å²) in [7, 11) is 0. The van der Waals surface area contributed by atoms with Crippen molar-refractivity contribution in [3.8, 4) is 0 Å². The van der Waals surface area contributed by atoms with Gasteiger partial charge in [-0.25, -0.2) is 0 Å². The molecular weight excluding hydrogens is 398 g/mol. The van der Waals surface area contributed by atoms with Crippen LogP contribution >= 0.6 is 0 Å². The molecule has 4 saturated carbocycles. The first-order valence-electron chi connectivity index (χ1n) is 12.1. The third-order valence-corrected chi connectivity index (χ3v) is 8.88. The van der Waals surface area contributed by atoms with Crippen molar-refractivity contribution >= 4 is 17.4 Å². The van der Waals surface area contributed by atoms with Gasteiger partial charge in [-0.2, -0.15) is 0 Å². The SMILES string of the molecule is Cc1ccccc1CN1C(=O)[C@@](O)(CC(=O)C23CC4CC(CC(C4)C2)C3)c2ccccc21. The second kappa shape index (κ2) is 7.02. The summed E-state index contributed by atoms with van der Waals surface area (Å²) in [6, 6.07) is 15.5. The third-order valence-electron chi connectivity index (χ3n) is 8.88. The molecule has 0 radical (unpaired) electrons. The Labute approximate surface area is 189 Å². The lowest BCUT2D eigenvalue weighted by Crippen LogP contribution is -2.52. The summed E-state index contributed by atoms with van der Waals surface area (Å²) >= 11 is 0.